The SMILES string of the molecule is CCCC=CCCc1ccccc1N=C(CCCCCC)C(CCCCCC)=Nc1ccccc1CCC=CCCC. The number of aryl methyl sites for hydroxylation is 2. The molecule has 2 heteroatoms. The molecule has 0 spiro atoms. The first-order valence-corrected chi connectivity index (χ1v) is 17.3. The number of nitrogens with zero attached hydrogens (tertiary/aromatic N) is 2. The largest absolute Gasteiger partial charge is 0.251 e. The van der Waals surface area contributed by atoms with Crippen molar-refractivity contribution in [2.45, 2.75) is 143 Å². The van der Waals surface area contributed by atoms with Gasteiger partial charge < -0.3 is 0 Å². The van der Waals surface area contributed by atoms with Gasteiger partial charge in [0.05, 0.1) is 22.8 Å². The first-order chi connectivity index (χ1) is 20.7. The van der Waals surface area contributed by atoms with Crippen molar-refractivity contribution in [1.29, 1.82) is 0 Å². The van der Waals surface area contributed by atoms with Gasteiger partial charge in [0.2, 0.25) is 0 Å². The van der Waals surface area contributed by atoms with E-state index in [9.17, 15) is 0 Å². The zero-order valence-corrected chi connectivity index (χ0v) is 27.6. The van der Waals surface area contributed by atoms with E-state index < -0.39 is 0 Å². The molecule has 0 fully saturated rings. The van der Waals surface area contributed by atoms with Gasteiger partial charge in [-0.1, -0.05) is 140 Å². The van der Waals surface area contributed by atoms with Crippen molar-refractivity contribution in [3.63, 3.8) is 0 Å². The maximum atomic E-state index is 5.44. The average Bonchev–Trinajstić information content (AvgIpc) is 3.01. The summed E-state index contributed by atoms with van der Waals surface area (Å²) in [5.41, 5.74) is 7.34. The molecule has 0 heterocycles. The second kappa shape index (κ2) is 23.8. The number of aliphatic imine (C=N–C) groups is 2. The first-order valence-electron chi connectivity index (χ1n) is 17.3. The highest BCUT2D eigenvalue weighted by molar-refractivity contribution is 6.43. The van der Waals surface area contributed by atoms with Gasteiger partial charge in [-0.15, -0.1) is 0 Å². The molecule has 0 amide bonds. The number of hydrogen-bond acceptors (Lipinski definition) is 2. The highest BCUT2D eigenvalue weighted by atomic mass is 14.8. The van der Waals surface area contributed by atoms with Crippen LogP contribution >= 0.6 is 0 Å². The van der Waals surface area contributed by atoms with Crippen molar-refractivity contribution in [3.8, 4) is 0 Å². The van der Waals surface area contributed by atoms with Crippen molar-refractivity contribution < 1.29 is 0 Å². The molecule has 2 aromatic carbocycles. The van der Waals surface area contributed by atoms with Gasteiger partial charge in [-0.3, -0.25) is 9.98 Å². The monoisotopic (exact) mass is 568 g/mol. The molecule has 0 aromatic heterocycles. The zero-order chi connectivity index (χ0) is 30.1. The summed E-state index contributed by atoms with van der Waals surface area (Å²) in [7, 11) is 0. The van der Waals surface area contributed by atoms with Crippen molar-refractivity contribution >= 4 is 22.8 Å². The Hall–Kier alpha value is -2.74. The Morgan fingerprint density at radius 3 is 1.29 bits per heavy atom. The lowest BCUT2D eigenvalue weighted by atomic mass is 9.99. The Labute approximate surface area is 259 Å². The van der Waals surface area contributed by atoms with Crippen LogP contribution in [-0.4, -0.2) is 11.4 Å². The van der Waals surface area contributed by atoms with Crippen LogP contribution in [0, 0.1) is 0 Å². The van der Waals surface area contributed by atoms with E-state index in [0.717, 1.165) is 62.7 Å². The molecular weight excluding hydrogens is 508 g/mol. The van der Waals surface area contributed by atoms with Crippen LogP contribution in [0.5, 0.6) is 0 Å². The Kier molecular flexibility index (Phi) is 20.1. The minimum absolute atomic E-state index is 0.999. The van der Waals surface area contributed by atoms with E-state index in [4.69, 9.17) is 9.98 Å². The second-order valence-corrected chi connectivity index (χ2v) is 11.6. The summed E-state index contributed by atoms with van der Waals surface area (Å²) in [6.45, 7) is 9.05. The van der Waals surface area contributed by atoms with E-state index >= 15 is 0 Å². The number of hydrogen-bond donors (Lipinski definition) is 0. The lowest BCUT2D eigenvalue weighted by Crippen LogP contribution is -2.15. The van der Waals surface area contributed by atoms with Crippen molar-refractivity contribution in [3.05, 3.63) is 84.0 Å². The van der Waals surface area contributed by atoms with Crippen LogP contribution in [0.1, 0.15) is 142 Å². The third-order valence-electron chi connectivity index (χ3n) is 7.77. The summed E-state index contributed by atoms with van der Waals surface area (Å²) in [5.74, 6) is 0. The van der Waals surface area contributed by atoms with Gasteiger partial charge in [-0.05, 0) is 87.5 Å². The summed E-state index contributed by atoms with van der Waals surface area (Å²) in [6.07, 6.45) is 30.2. The van der Waals surface area contributed by atoms with Crippen molar-refractivity contribution in [1.82, 2.24) is 0 Å². The van der Waals surface area contributed by atoms with Gasteiger partial charge in [0.25, 0.3) is 0 Å². The summed E-state index contributed by atoms with van der Waals surface area (Å²) < 4.78 is 0. The van der Waals surface area contributed by atoms with E-state index in [2.05, 4.69) is 101 Å². The molecule has 0 radical (unpaired) electrons. The number of unbranched alkanes of at least 4 members (excludes halogenated alkanes) is 8. The van der Waals surface area contributed by atoms with E-state index in [0.29, 0.717) is 0 Å². The molecule has 2 aromatic rings. The van der Waals surface area contributed by atoms with Crippen LogP contribution in [0.2, 0.25) is 0 Å². The minimum atomic E-state index is 0.999. The summed E-state index contributed by atoms with van der Waals surface area (Å²) in [6, 6.07) is 17.6. The molecule has 0 atom stereocenters. The fraction of sp³-hybridized carbons (Fsp3) is 0.550. The van der Waals surface area contributed by atoms with Crippen LogP contribution in [0.4, 0.5) is 11.4 Å². The normalized spacial score (nSPS) is 12.7. The van der Waals surface area contributed by atoms with Gasteiger partial charge in [0, 0.05) is 0 Å². The maximum absolute atomic E-state index is 5.44. The molecule has 0 saturated heterocycles. The summed E-state index contributed by atoms with van der Waals surface area (Å²) in [5, 5.41) is 0. The molecule has 230 valence electrons. The van der Waals surface area contributed by atoms with E-state index in [-0.39, 0.29) is 0 Å². The molecule has 2 rings (SSSR count). The molecule has 0 unspecified atom stereocenters. The van der Waals surface area contributed by atoms with E-state index in [1.54, 1.807) is 0 Å². The number of para-hydroxylation sites is 2. The van der Waals surface area contributed by atoms with E-state index in [1.165, 1.54) is 86.8 Å². The van der Waals surface area contributed by atoms with Crippen LogP contribution in [-0.2, 0) is 12.8 Å². The standard InChI is InChI=1S/C40H60N2/c1-5-9-13-17-19-27-35-29-23-25-31-37(35)41-39(33-21-15-11-7-3)40(34-22-16-12-8-4)42-38-32-26-24-30-36(38)28-20-18-14-10-6-2/h13-14,17-18,23-26,29-32H,5-12,15-16,19-22,27-28,33-34H2,1-4H3. The molecule has 0 aliphatic heterocycles. The van der Waals surface area contributed by atoms with Crippen LogP contribution in [0.15, 0.2) is 82.8 Å². The molecule has 42 heavy (non-hydrogen) atoms. The lowest BCUT2D eigenvalue weighted by Gasteiger charge is -2.14. The van der Waals surface area contributed by atoms with Gasteiger partial charge >= 0.3 is 0 Å². The second-order valence-electron chi connectivity index (χ2n) is 11.6. The molecule has 2 nitrogen and oxygen atoms in total. The topological polar surface area (TPSA) is 24.7 Å². The maximum Gasteiger partial charge on any atom is 0.0665 e. The fourth-order valence-corrected chi connectivity index (χ4v) is 5.20. The number of rotatable bonds is 23. The lowest BCUT2D eigenvalue weighted by molar-refractivity contribution is 0.678. The van der Waals surface area contributed by atoms with Crippen LogP contribution in [0.25, 0.3) is 0 Å². The predicted molar refractivity (Wildman–Crippen MR) is 189 cm³/mol. The van der Waals surface area contributed by atoms with Gasteiger partial charge in [0.15, 0.2) is 0 Å². The minimum Gasteiger partial charge on any atom is -0.251 e. The predicted octanol–water partition coefficient (Wildman–Crippen LogP) is 13.1. The van der Waals surface area contributed by atoms with Gasteiger partial charge in [0.1, 0.15) is 0 Å². The van der Waals surface area contributed by atoms with Crippen LogP contribution < -0.4 is 0 Å². The molecule has 0 N–H and O–H groups in total. The Bertz CT molecular complexity index is 1000. The highest BCUT2D eigenvalue weighted by Gasteiger charge is 2.13. The van der Waals surface area contributed by atoms with Gasteiger partial charge in [-0.25, -0.2) is 0 Å². The third-order valence-corrected chi connectivity index (χ3v) is 7.77. The van der Waals surface area contributed by atoms with Crippen molar-refractivity contribution in [2.24, 2.45) is 9.98 Å². The quantitative estimate of drug-likeness (QED) is 0.0723. The summed E-state index contributed by atoms with van der Waals surface area (Å²) in [4.78, 5) is 10.9. The van der Waals surface area contributed by atoms with E-state index in [1.807, 2.05) is 0 Å². The molecular formula is C40H60N2. The zero-order valence-electron chi connectivity index (χ0n) is 27.6. The molecule has 0 aliphatic rings. The smallest absolute Gasteiger partial charge is 0.0665 e. The third kappa shape index (κ3) is 14.9. The van der Waals surface area contributed by atoms with Crippen molar-refractivity contribution in [2.75, 3.05) is 0 Å². The number of benzene rings is 2. The molecule has 0 bridgehead atoms. The van der Waals surface area contributed by atoms with Gasteiger partial charge in [-0.2, -0.15) is 0 Å². The number of allylic oxidation sites excluding steroid dienone is 4. The fourth-order valence-electron chi connectivity index (χ4n) is 5.20. The molecule has 0 aliphatic carbocycles. The Morgan fingerprint density at radius 2 is 0.881 bits per heavy atom. The molecule has 0 saturated carbocycles. The van der Waals surface area contributed by atoms with Crippen LogP contribution in [0.3, 0.4) is 0 Å². The Balaban J connectivity index is 2.46. The average molecular weight is 569 g/mol. The summed E-state index contributed by atoms with van der Waals surface area (Å²) >= 11 is 0. The first kappa shape index (κ1) is 35.5. The Morgan fingerprint density at radius 1 is 0.476 bits per heavy atom. The highest BCUT2D eigenvalue weighted by Crippen LogP contribution is 2.26.